The van der Waals surface area contributed by atoms with Crippen molar-refractivity contribution in [3.63, 3.8) is 0 Å². The lowest BCUT2D eigenvalue weighted by Crippen LogP contribution is -2.24. The highest BCUT2D eigenvalue weighted by molar-refractivity contribution is 5.83. The predicted molar refractivity (Wildman–Crippen MR) is 54.8 cm³/mol. The number of Topliss-reactive ketones (excluding diaryl/α,β-unsaturated/α-hetero) is 1. The van der Waals surface area contributed by atoms with Crippen LogP contribution in [0.25, 0.3) is 0 Å². The van der Waals surface area contributed by atoms with Crippen molar-refractivity contribution in [2.24, 2.45) is 11.8 Å². The fourth-order valence-electron chi connectivity index (χ4n) is 1.82. The van der Waals surface area contributed by atoms with Crippen LogP contribution >= 0.6 is 0 Å². The van der Waals surface area contributed by atoms with E-state index in [1.54, 1.807) is 0 Å². The molecule has 0 radical (unpaired) electrons. The molecule has 0 aromatic heterocycles. The fraction of sp³-hybridized carbons (Fsp3) is 0.818. The molecular formula is C11H19NO2. The van der Waals surface area contributed by atoms with Gasteiger partial charge in [-0.2, -0.15) is 0 Å². The molecular weight excluding hydrogens is 178 g/mol. The van der Waals surface area contributed by atoms with Crippen molar-refractivity contribution in [2.75, 3.05) is 13.1 Å². The Kier molecular flexibility index (Phi) is 3.67. The van der Waals surface area contributed by atoms with Crippen molar-refractivity contribution in [3.05, 3.63) is 0 Å². The van der Waals surface area contributed by atoms with Crippen molar-refractivity contribution >= 4 is 11.7 Å². The fourth-order valence-corrected chi connectivity index (χ4v) is 1.82. The van der Waals surface area contributed by atoms with Crippen molar-refractivity contribution in [2.45, 2.75) is 33.6 Å². The molecule has 0 spiro atoms. The van der Waals surface area contributed by atoms with E-state index in [9.17, 15) is 9.59 Å². The third-order valence-electron chi connectivity index (χ3n) is 2.81. The summed E-state index contributed by atoms with van der Waals surface area (Å²) in [6, 6.07) is 0. The molecule has 1 amide bonds. The zero-order valence-corrected chi connectivity index (χ0v) is 9.25. The largest absolute Gasteiger partial charge is 0.343 e. The summed E-state index contributed by atoms with van der Waals surface area (Å²) in [6.45, 7) is 7.34. The van der Waals surface area contributed by atoms with Gasteiger partial charge < -0.3 is 4.90 Å². The summed E-state index contributed by atoms with van der Waals surface area (Å²) in [6.07, 6.45) is 1.13. The van der Waals surface area contributed by atoms with Crippen LogP contribution in [0.3, 0.4) is 0 Å². The van der Waals surface area contributed by atoms with Crippen molar-refractivity contribution in [3.8, 4) is 0 Å². The first-order valence-electron chi connectivity index (χ1n) is 5.35. The van der Waals surface area contributed by atoms with E-state index in [-0.39, 0.29) is 23.5 Å². The zero-order chi connectivity index (χ0) is 10.7. The van der Waals surface area contributed by atoms with E-state index >= 15 is 0 Å². The van der Waals surface area contributed by atoms with Gasteiger partial charge in [-0.05, 0) is 12.8 Å². The van der Waals surface area contributed by atoms with Crippen LogP contribution in [0.15, 0.2) is 0 Å². The molecule has 14 heavy (non-hydrogen) atoms. The van der Waals surface area contributed by atoms with Crippen LogP contribution in [0.1, 0.15) is 33.6 Å². The number of hydrogen-bond donors (Lipinski definition) is 0. The van der Waals surface area contributed by atoms with Gasteiger partial charge in [-0.15, -0.1) is 0 Å². The lowest BCUT2D eigenvalue weighted by Gasteiger charge is -2.13. The molecule has 0 bridgehead atoms. The SMILES string of the molecule is CCN1C[C@H](CC(=O)C(C)C)CC1=O. The number of hydrogen-bond acceptors (Lipinski definition) is 2. The Morgan fingerprint density at radius 2 is 2.21 bits per heavy atom. The van der Waals surface area contributed by atoms with E-state index in [0.717, 1.165) is 13.1 Å². The Hall–Kier alpha value is -0.860. The maximum atomic E-state index is 11.5. The molecule has 1 rings (SSSR count). The zero-order valence-electron chi connectivity index (χ0n) is 9.25. The van der Waals surface area contributed by atoms with Gasteiger partial charge in [-0.1, -0.05) is 13.8 Å². The average Bonchev–Trinajstić information content (AvgIpc) is 2.45. The predicted octanol–water partition coefficient (Wildman–Crippen LogP) is 1.47. The molecule has 80 valence electrons. The molecule has 0 aromatic rings. The molecule has 1 aliphatic rings. The topological polar surface area (TPSA) is 37.4 Å². The Balaban J connectivity index is 2.42. The molecule has 0 N–H and O–H groups in total. The summed E-state index contributed by atoms with van der Waals surface area (Å²) in [5.41, 5.74) is 0. The second kappa shape index (κ2) is 4.58. The maximum Gasteiger partial charge on any atom is 0.222 e. The number of carbonyl (C=O) groups is 2. The van der Waals surface area contributed by atoms with Crippen LogP contribution in [0.5, 0.6) is 0 Å². The van der Waals surface area contributed by atoms with Gasteiger partial charge in [-0.3, -0.25) is 9.59 Å². The molecule has 1 atom stereocenters. The number of carbonyl (C=O) groups excluding carboxylic acids is 2. The molecule has 3 nitrogen and oxygen atoms in total. The van der Waals surface area contributed by atoms with E-state index in [0.29, 0.717) is 12.8 Å². The van der Waals surface area contributed by atoms with Crippen LogP contribution in [-0.4, -0.2) is 29.7 Å². The standard InChI is InChI=1S/C11H19NO2/c1-4-12-7-9(6-11(12)14)5-10(13)8(2)3/h8-9H,4-7H2,1-3H3/t9-/m1/s1. The van der Waals surface area contributed by atoms with Gasteiger partial charge >= 0.3 is 0 Å². The quantitative estimate of drug-likeness (QED) is 0.684. The third-order valence-corrected chi connectivity index (χ3v) is 2.81. The van der Waals surface area contributed by atoms with Crippen molar-refractivity contribution in [1.29, 1.82) is 0 Å². The van der Waals surface area contributed by atoms with E-state index in [1.807, 2.05) is 25.7 Å². The van der Waals surface area contributed by atoms with Crippen LogP contribution in [0, 0.1) is 11.8 Å². The van der Waals surface area contributed by atoms with Crippen LogP contribution in [-0.2, 0) is 9.59 Å². The molecule has 1 heterocycles. The smallest absolute Gasteiger partial charge is 0.222 e. The highest BCUT2D eigenvalue weighted by Crippen LogP contribution is 2.22. The van der Waals surface area contributed by atoms with Gasteiger partial charge in [0.2, 0.25) is 5.91 Å². The van der Waals surface area contributed by atoms with Crippen molar-refractivity contribution < 1.29 is 9.59 Å². The average molecular weight is 197 g/mol. The van der Waals surface area contributed by atoms with E-state index in [4.69, 9.17) is 0 Å². The molecule has 1 saturated heterocycles. The molecule has 0 unspecified atom stereocenters. The molecule has 0 saturated carbocycles. The van der Waals surface area contributed by atoms with Gasteiger partial charge in [0, 0.05) is 31.8 Å². The number of rotatable bonds is 4. The Bertz CT molecular complexity index is 235. The summed E-state index contributed by atoms with van der Waals surface area (Å²) >= 11 is 0. The van der Waals surface area contributed by atoms with E-state index < -0.39 is 0 Å². The van der Waals surface area contributed by atoms with E-state index in [2.05, 4.69) is 0 Å². The van der Waals surface area contributed by atoms with Gasteiger partial charge in [0.1, 0.15) is 5.78 Å². The number of ketones is 1. The molecule has 1 fully saturated rings. The summed E-state index contributed by atoms with van der Waals surface area (Å²) in [7, 11) is 0. The Labute approximate surface area is 85.5 Å². The first kappa shape index (κ1) is 11.2. The minimum atomic E-state index is 0.0979. The van der Waals surface area contributed by atoms with Gasteiger partial charge in [0.15, 0.2) is 0 Å². The normalized spacial score (nSPS) is 22.1. The second-order valence-electron chi connectivity index (χ2n) is 4.33. The van der Waals surface area contributed by atoms with E-state index in [1.165, 1.54) is 0 Å². The lowest BCUT2D eigenvalue weighted by molar-refractivity contribution is -0.127. The first-order chi connectivity index (χ1) is 6.54. The molecule has 0 aromatic carbocycles. The van der Waals surface area contributed by atoms with Gasteiger partial charge in [-0.25, -0.2) is 0 Å². The van der Waals surface area contributed by atoms with Crippen LogP contribution in [0.2, 0.25) is 0 Å². The molecule has 1 aliphatic heterocycles. The number of amides is 1. The van der Waals surface area contributed by atoms with Crippen molar-refractivity contribution in [1.82, 2.24) is 4.90 Å². The Morgan fingerprint density at radius 3 is 2.64 bits per heavy atom. The summed E-state index contributed by atoms with van der Waals surface area (Å²) in [4.78, 5) is 24.7. The highest BCUT2D eigenvalue weighted by atomic mass is 16.2. The minimum absolute atomic E-state index is 0.0979. The van der Waals surface area contributed by atoms with Gasteiger partial charge in [0.25, 0.3) is 0 Å². The Morgan fingerprint density at radius 1 is 1.57 bits per heavy atom. The van der Waals surface area contributed by atoms with Crippen LogP contribution < -0.4 is 0 Å². The third kappa shape index (κ3) is 2.56. The summed E-state index contributed by atoms with van der Waals surface area (Å²) in [5.74, 6) is 0.841. The monoisotopic (exact) mass is 197 g/mol. The summed E-state index contributed by atoms with van der Waals surface area (Å²) in [5, 5.41) is 0. The minimum Gasteiger partial charge on any atom is -0.343 e. The number of likely N-dealkylation sites (tertiary alicyclic amines) is 1. The van der Waals surface area contributed by atoms with Gasteiger partial charge in [0.05, 0.1) is 0 Å². The lowest BCUT2D eigenvalue weighted by atomic mass is 9.96. The maximum absolute atomic E-state index is 11.5. The highest BCUT2D eigenvalue weighted by Gasteiger charge is 2.30. The summed E-state index contributed by atoms with van der Waals surface area (Å²) < 4.78 is 0. The molecule has 3 heteroatoms. The van der Waals surface area contributed by atoms with Crippen LogP contribution in [0.4, 0.5) is 0 Å². The number of nitrogens with zero attached hydrogens (tertiary/aromatic N) is 1. The second-order valence-corrected chi connectivity index (χ2v) is 4.33. The molecule has 0 aliphatic carbocycles. The first-order valence-corrected chi connectivity index (χ1v) is 5.35.